The highest BCUT2D eigenvalue weighted by molar-refractivity contribution is 5.72. The van der Waals surface area contributed by atoms with Gasteiger partial charge in [-0.05, 0) is 26.7 Å². The normalized spacial score (nSPS) is 23.4. The van der Waals surface area contributed by atoms with Gasteiger partial charge >= 0.3 is 11.9 Å². The molecular weight excluding hydrogens is 224 g/mol. The number of carbonyl (C=O) groups is 2. The van der Waals surface area contributed by atoms with Gasteiger partial charge in [-0.25, -0.2) is 0 Å². The standard InChI is InChI=1S/C7H15N.C4H7NO4/c1-6-4-3-5-7(2)8-6;6-3(7)1-5-2-4(8)9/h6-8H,3-5H2,1-2H3;5H,1-2H2,(H,6,7)(H,8,9). The van der Waals surface area contributed by atoms with Crippen molar-refractivity contribution in [2.24, 2.45) is 0 Å². The van der Waals surface area contributed by atoms with Crippen LogP contribution in [0.5, 0.6) is 0 Å². The van der Waals surface area contributed by atoms with Crippen molar-refractivity contribution in [3.63, 3.8) is 0 Å². The molecule has 0 amide bonds. The van der Waals surface area contributed by atoms with E-state index in [1.807, 2.05) is 0 Å². The lowest BCUT2D eigenvalue weighted by Crippen LogP contribution is -2.38. The van der Waals surface area contributed by atoms with E-state index in [0.29, 0.717) is 0 Å². The lowest BCUT2D eigenvalue weighted by Gasteiger charge is -2.25. The van der Waals surface area contributed by atoms with Crippen molar-refractivity contribution in [2.75, 3.05) is 13.1 Å². The minimum Gasteiger partial charge on any atom is -0.480 e. The van der Waals surface area contributed by atoms with Gasteiger partial charge in [0.1, 0.15) is 0 Å². The van der Waals surface area contributed by atoms with E-state index in [0.717, 1.165) is 12.1 Å². The summed E-state index contributed by atoms with van der Waals surface area (Å²) >= 11 is 0. The molecule has 0 aromatic carbocycles. The summed E-state index contributed by atoms with van der Waals surface area (Å²) in [5.74, 6) is -2.12. The molecule has 0 aliphatic carbocycles. The topological polar surface area (TPSA) is 98.7 Å². The third kappa shape index (κ3) is 11.1. The van der Waals surface area contributed by atoms with Crippen LogP contribution in [0, 0.1) is 0 Å². The lowest BCUT2D eigenvalue weighted by molar-refractivity contribution is -0.137. The van der Waals surface area contributed by atoms with Gasteiger partial charge in [-0.1, -0.05) is 6.42 Å². The van der Waals surface area contributed by atoms with Crippen LogP contribution in [0.25, 0.3) is 0 Å². The van der Waals surface area contributed by atoms with Crippen molar-refractivity contribution in [2.45, 2.75) is 45.2 Å². The molecule has 0 bridgehead atoms. The molecule has 6 nitrogen and oxygen atoms in total. The fraction of sp³-hybridized carbons (Fsp3) is 0.818. The summed E-state index contributed by atoms with van der Waals surface area (Å²) in [6.45, 7) is 3.89. The molecule has 1 saturated heterocycles. The molecule has 6 heteroatoms. The predicted octanol–water partition coefficient (Wildman–Crippen LogP) is 0.282. The Bertz CT molecular complexity index is 224. The molecule has 1 fully saturated rings. The first-order valence-corrected chi connectivity index (χ1v) is 5.82. The van der Waals surface area contributed by atoms with Crippen LogP contribution in [0.2, 0.25) is 0 Å². The Morgan fingerprint density at radius 1 is 1.12 bits per heavy atom. The summed E-state index contributed by atoms with van der Waals surface area (Å²) in [5.41, 5.74) is 0. The van der Waals surface area contributed by atoms with Gasteiger partial charge in [-0.3, -0.25) is 14.9 Å². The molecule has 100 valence electrons. The van der Waals surface area contributed by atoms with Gasteiger partial charge in [0.15, 0.2) is 0 Å². The third-order valence-corrected chi connectivity index (χ3v) is 2.40. The van der Waals surface area contributed by atoms with Gasteiger partial charge in [-0.2, -0.15) is 0 Å². The summed E-state index contributed by atoms with van der Waals surface area (Å²) in [7, 11) is 0. The monoisotopic (exact) mass is 246 g/mol. The molecule has 17 heavy (non-hydrogen) atoms. The van der Waals surface area contributed by atoms with Crippen LogP contribution in [0.4, 0.5) is 0 Å². The van der Waals surface area contributed by atoms with Crippen molar-refractivity contribution >= 4 is 11.9 Å². The quantitative estimate of drug-likeness (QED) is 0.569. The minimum absolute atomic E-state index is 0.313. The number of nitrogens with one attached hydrogen (secondary N) is 2. The van der Waals surface area contributed by atoms with E-state index in [9.17, 15) is 9.59 Å². The van der Waals surface area contributed by atoms with Gasteiger partial charge in [0.2, 0.25) is 0 Å². The fourth-order valence-electron chi connectivity index (χ4n) is 1.66. The number of aliphatic carboxylic acids is 2. The number of piperidine rings is 1. The first-order chi connectivity index (χ1) is 7.91. The van der Waals surface area contributed by atoms with E-state index in [4.69, 9.17) is 10.2 Å². The molecule has 4 N–H and O–H groups in total. The van der Waals surface area contributed by atoms with Gasteiger partial charge in [0, 0.05) is 12.1 Å². The zero-order valence-electron chi connectivity index (χ0n) is 10.4. The van der Waals surface area contributed by atoms with E-state index in [2.05, 4.69) is 24.5 Å². The molecular formula is C11H22N2O4. The summed E-state index contributed by atoms with van der Waals surface area (Å²) in [4.78, 5) is 19.5. The summed E-state index contributed by atoms with van der Waals surface area (Å²) in [6, 6.07) is 1.53. The molecule has 2 unspecified atom stereocenters. The Hall–Kier alpha value is -1.14. The van der Waals surface area contributed by atoms with Gasteiger partial charge in [-0.15, -0.1) is 0 Å². The Morgan fingerprint density at radius 2 is 1.53 bits per heavy atom. The van der Waals surface area contributed by atoms with Crippen molar-refractivity contribution in [3.8, 4) is 0 Å². The van der Waals surface area contributed by atoms with E-state index in [1.54, 1.807) is 0 Å². The van der Waals surface area contributed by atoms with Gasteiger partial charge < -0.3 is 15.5 Å². The Kier molecular flexibility index (Phi) is 8.35. The van der Waals surface area contributed by atoms with E-state index < -0.39 is 11.9 Å². The molecule has 1 rings (SSSR count). The summed E-state index contributed by atoms with van der Waals surface area (Å²) in [6.07, 6.45) is 4.14. The second-order valence-corrected chi connectivity index (χ2v) is 4.29. The Balaban J connectivity index is 0.000000302. The van der Waals surface area contributed by atoms with Crippen LogP contribution in [0.15, 0.2) is 0 Å². The van der Waals surface area contributed by atoms with E-state index >= 15 is 0 Å². The van der Waals surface area contributed by atoms with Crippen LogP contribution in [0.1, 0.15) is 33.1 Å². The Labute approximate surface area is 101 Å². The number of rotatable bonds is 4. The van der Waals surface area contributed by atoms with Crippen molar-refractivity contribution < 1.29 is 19.8 Å². The zero-order chi connectivity index (χ0) is 13.3. The van der Waals surface area contributed by atoms with Crippen LogP contribution < -0.4 is 10.6 Å². The Morgan fingerprint density at radius 3 is 1.76 bits per heavy atom. The smallest absolute Gasteiger partial charge is 0.317 e. The van der Waals surface area contributed by atoms with Gasteiger partial charge in [0.05, 0.1) is 13.1 Å². The van der Waals surface area contributed by atoms with E-state index in [1.165, 1.54) is 19.3 Å². The number of hydrogen-bond acceptors (Lipinski definition) is 4. The van der Waals surface area contributed by atoms with Crippen LogP contribution in [0.3, 0.4) is 0 Å². The summed E-state index contributed by atoms with van der Waals surface area (Å²) in [5, 5.41) is 21.6. The van der Waals surface area contributed by atoms with E-state index in [-0.39, 0.29) is 13.1 Å². The van der Waals surface area contributed by atoms with Crippen LogP contribution >= 0.6 is 0 Å². The largest absolute Gasteiger partial charge is 0.480 e. The van der Waals surface area contributed by atoms with Crippen molar-refractivity contribution in [1.29, 1.82) is 0 Å². The number of carboxylic acid groups (broad SMARTS) is 2. The number of hydrogen-bond donors (Lipinski definition) is 4. The third-order valence-electron chi connectivity index (χ3n) is 2.40. The average molecular weight is 246 g/mol. The fourth-order valence-corrected chi connectivity index (χ4v) is 1.66. The summed E-state index contributed by atoms with van der Waals surface area (Å²) < 4.78 is 0. The molecule has 0 aromatic rings. The molecule has 0 aromatic heterocycles. The van der Waals surface area contributed by atoms with Gasteiger partial charge in [0.25, 0.3) is 0 Å². The first-order valence-electron chi connectivity index (χ1n) is 5.82. The van der Waals surface area contributed by atoms with Crippen LogP contribution in [-0.2, 0) is 9.59 Å². The molecule has 0 saturated carbocycles. The van der Waals surface area contributed by atoms with Crippen molar-refractivity contribution in [3.05, 3.63) is 0 Å². The molecule has 1 aliphatic heterocycles. The van der Waals surface area contributed by atoms with Crippen molar-refractivity contribution in [1.82, 2.24) is 10.6 Å². The maximum Gasteiger partial charge on any atom is 0.317 e. The maximum atomic E-state index is 9.73. The minimum atomic E-state index is -1.06. The van der Waals surface area contributed by atoms with Crippen LogP contribution in [-0.4, -0.2) is 47.3 Å². The highest BCUT2D eigenvalue weighted by atomic mass is 16.4. The SMILES string of the molecule is CC1CCCC(C)N1.O=C(O)CNCC(=O)O. The lowest BCUT2D eigenvalue weighted by atomic mass is 10.0. The second kappa shape index (κ2) is 8.95. The highest BCUT2D eigenvalue weighted by Crippen LogP contribution is 2.10. The average Bonchev–Trinajstić information content (AvgIpc) is 2.16. The molecule has 0 radical (unpaired) electrons. The number of carboxylic acids is 2. The predicted molar refractivity (Wildman–Crippen MR) is 64.1 cm³/mol. The maximum absolute atomic E-state index is 9.73. The molecule has 1 aliphatic rings. The first kappa shape index (κ1) is 15.9. The molecule has 0 spiro atoms. The zero-order valence-corrected chi connectivity index (χ0v) is 10.4. The molecule has 1 heterocycles. The second-order valence-electron chi connectivity index (χ2n) is 4.29. The molecule has 2 atom stereocenters. The highest BCUT2D eigenvalue weighted by Gasteiger charge is 2.12.